The van der Waals surface area contributed by atoms with Crippen LogP contribution in [0.3, 0.4) is 0 Å². The van der Waals surface area contributed by atoms with E-state index in [0.29, 0.717) is 23.7 Å². The number of rotatable bonds is 5. The summed E-state index contributed by atoms with van der Waals surface area (Å²) in [4.78, 5) is 50.0. The molecule has 8 nitrogen and oxygen atoms in total. The number of ether oxygens (including phenoxy) is 1. The van der Waals surface area contributed by atoms with Crippen molar-refractivity contribution in [3.63, 3.8) is 0 Å². The van der Waals surface area contributed by atoms with Crippen LogP contribution < -0.4 is 15.5 Å². The van der Waals surface area contributed by atoms with Gasteiger partial charge in [0.2, 0.25) is 5.91 Å². The average molecular weight is 422 g/mol. The lowest BCUT2D eigenvalue weighted by Gasteiger charge is -2.19. The molecule has 1 aliphatic heterocycles. The molecular formula is C20H24ClN3O5. The molecule has 2 fully saturated rings. The number of urea groups is 1. The molecule has 2 aliphatic rings. The van der Waals surface area contributed by atoms with Crippen LogP contribution in [0.1, 0.15) is 55.8 Å². The monoisotopic (exact) mass is 421 g/mol. The summed E-state index contributed by atoms with van der Waals surface area (Å²) in [5.74, 6) is -1.51. The predicted molar refractivity (Wildman–Crippen MR) is 107 cm³/mol. The summed E-state index contributed by atoms with van der Waals surface area (Å²) in [6, 6.07) is 3.93. The fraction of sp³-hybridized carbons (Fsp3) is 0.500. The van der Waals surface area contributed by atoms with Gasteiger partial charge in [0.25, 0.3) is 5.91 Å². The molecule has 1 saturated heterocycles. The normalized spacial score (nSPS) is 17.9. The van der Waals surface area contributed by atoms with Gasteiger partial charge in [-0.3, -0.25) is 14.9 Å². The fourth-order valence-electron chi connectivity index (χ4n) is 3.54. The molecule has 0 unspecified atom stereocenters. The van der Waals surface area contributed by atoms with Crippen molar-refractivity contribution in [1.82, 2.24) is 10.6 Å². The SMILES string of the molecule is C[C@@H](OC(=O)c1ccc(Cl)c(N2CCCC2=O)c1)C(=O)NC(=O)NC1CCCC1. The molecule has 2 N–H and O–H groups in total. The Labute approximate surface area is 173 Å². The van der Waals surface area contributed by atoms with Crippen LogP contribution in [0, 0.1) is 0 Å². The van der Waals surface area contributed by atoms with E-state index in [1.165, 1.54) is 30.0 Å². The van der Waals surface area contributed by atoms with Crippen LogP contribution in [0.5, 0.6) is 0 Å². The molecule has 1 heterocycles. The summed E-state index contributed by atoms with van der Waals surface area (Å²) in [6.07, 6.45) is 3.90. The minimum absolute atomic E-state index is 0.0570. The van der Waals surface area contributed by atoms with Gasteiger partial charge in [0.15, 0.2) is 6.10 Å². The third kappa shape index (κ3) is 5.26. The molecule has 0 bridgehead atoms. The van der Waals surface area contributed by atoms with Gasteiger partial charge in [-0.1, -0.05) is 24.4 Å². The molecule has 1 aliphatic carbocycles. The zero-order chi connectivity index (χ0) is 21.0. The number of anilines is 1. The number of benzene rings is 1. The number of hydrogen-bond donors (Lipinski definition) is 2. The first-order chi connectivity index (χ1) is 13.8. The van der Waals surface area contributed by atoms with Crippen LogP contribution in [0.2, 0.25) is 5.02 Å². The summed E-state index contributed by atoms with van der Waals surface area (Å²) in [6.45, 7) is 1.92. The summed E-state index contributed by atoms with van der Waals surface area (Å²) in [5, 5.41) is 5.28. The van der Waals surface area contributed by atoms with E-state index < -0.39 is 24.0 Å². The average Bonchev–Trinajstić information content (AvgIpc) is 3.33. The highest BCUT2D eigenvalue weighted by molar-refractivity contribution is 6.34. The molecule has 4 amide bonds. The van der Waals surface area contributed by atoms with Gasteiger partial charge in [0.1, 0.15) is 0 Å². The lowest BCUT2D eigenvalue weighted by atomic mass is 10.2. The maximum absolute atomic E-state index is 12.4. The van der Waals surface area contributed by atoms with E-state index in [2.05, 4.69) is 10.6 Å². The number of imide groups is 1. The highest BCUT2D eigenvalue weighted by Crippen LogP contribution is 2.30. The third-order valence-electron chi connectivity index (χ3n) is 5.13. The second-order valence-electron chi connectivity index (χ2n) is 7.31. The van der Waals surface area contributed by atoms with Gasteiger partial charge in [0.05, 0.1) is 16.3 Å². The molecule has 1 saturated carbocycles. The molecule has 0 radical (unpaired) electrons. The zero-order valence-electron chi connectivity index (χ0n) is 16.2. The van der Waals surface area contributed by atoms with Crippen molar-refractivity contribution in [3.05, 3.63) is 28.8 Å². The number of nitrogens with zero attached hydrogens (tertiary/aromatic N) is 1. The van der Waals surface area contributed by atoms with Crippen LogP contribution in [0.25, 0.3) is 0 Å². The molecule has 3 rings (SSSR count). The van der Waals surface area contributed by atoms with Crippen molar-refractivity contribution in [1.29, 1.82) is 0 Å². The molecule has 9 heteroatoms. The summed E-state index contributed by atoms with van der Waals surface area (Å²) in [7, 11) is 0. The topological polar surface area (TPSA) is 105 Å². The molecule has 29 heavy (non-hydrogen) atoms. The highest BCUT2D eigenvalue weighted by Gasteiger charge is 2.26. The fourth-order valence-corrected chi connectivity index (χ4v) is 3.76. The minimum Gasteiger partial charge on any atom is -0.449 e. The molecule has 0 aromatic heterocycles. The van der Waals surface area contributed by atoms with Gasteiger partial charge < -0.3 is 15.0 Å². The molecule has 1 aromatic rings. The quantitative estimate of drug-likeness (QED) is 0.711. The Kier molecular flexibility index (Phi) is 6.74. The predicted octanol–water partition coefficient (Wildman–Crippen LogP) is 2.78. The van der Waals surface area contributed by atoms with Crippen LogP contribution in [-0.2, 0) is 14.3 Å². The Morgan fingerprint density at radius 1 is 1.21 bits per heavy atom. The Morgan fingerprint density at radius 3 is 2.59 bits per heavy atom. The van der Waals surface area contributed by atoms with Crippen LogP contribution >= 0.6 is 11.6 Å². The first-order valence-electron chi connectivity index (χ1n) is 9.77. The van der Waals surface area contributed by atoms with Gasteiger partial charge in [-0.25, -0.2) is 9.59 Å². The van der Waals surface area contributed by atoms with Crippen LogP contribution in [-0.4, -0.2) is 42.5 Å². The van der Waals surface area contributed by atoms with E-state index in [1.807, 2.05) is 0 Å². The number of hydrogen-bond acceptors (Lipinski definition) is 5. The maximum Gasteiger partial charge on any atom is 0.338 e. The van der Waals surface area contributed by atoms with Crippen molar-refractivity contribution in [2.75, 3.05) is 11.4 Å². The Balaban J connectivity index is 1.58. The Morgan fingerprint density at radius 2 is 1.93 bits per heavy atom. The van der Waals surface area contributed by atoms with E-state index in [-0.39, 0.29) is 17.5 Å². The molecule has 1 atom stereocenters. The second-order valence-corrected chi connectivity index (χ2v) is 7.71. The van der Waals surface area contributed by atoms with E-state index in [4.69, 9.17) is 16.3 Å². The third-order valence-corrected chi connectivity index (χ3v) is 5.45. The van der Waals surface area contributed by atoms with Gasteiger partial charge in [-0.05, 0) is 44.4 Å². The van der Waals surface area contributed by atoms with Crippen LogP contribution in [0.4, 0.5) is 10.5 Å². The maximum atomic E-state index is 12.4. The van der Waals surface area contributed by atoms with Crippen molar-refractivity contribution < 1.29 is 23.9 Å². The summed E-state index contributed by atoms with van der Waals surface area (Å²) < 4.78 is 5.18. The lowest BCUT2D eigenvalue weighted by molar-refractivity contribution is -0.128. The Bertz CT molecular complexity index is 822. The summed E-state index contributed by atoms with van der Waals surface area (Å²) >= 11 is 6.17. The van der Waals surface area contributed by atoms with Gasteiger partial charge >= 0.3 is 12.0 Å². The number of amides is 4. The number of carbonyl (C=O) groups excluding carboxylic acids is 4. The van der Waals surface area contributed by atoms with E-state index in [0.717, 1.165) is 32.1 Å². The van der Waals surface area contributed by atoms with Gasteiger partial charge in [0, 0.05) is 19.0 Å². The molecule has 0 spiro atoms. The van der Waals surface area contributed by atoms with Crippen molar-refractivity contribution in [2.24, 2.45) is 0 Å². The number of esters is 1. The van der Waals surface area contributed by atoms with E-state index >= 15 is 0 Å². The van der Waals surface area contributed by atoms with Crippen molar-refractivity contribution >= 4 is 41.1 Å². The van der Waals surface area contributed by atoms with E-state index in [9.17, 15) is 19.2 Å². The second kappa shape index (κ2) is 9.26. The number of nitrogens with one attached hydrogen (secondary N) is 2. The lowest BCUT2D eigenvalue weighted by Crippen LogP contribution is -2.47. The van der Waals surface area contributed by atoms with Gasteiger partial charge in [-0.2, -0.15) is 0 Å². The largest absolute Gasteiger partial charge is 0.449 e. The number of halogens is 1. The smallest absolute Gasteiger partial charge is 0.338 e. The Hall–Kier alpha value is -2.61. The molecular weight excluding hydrogens is 398 g/mol. The first kappa shape index (κ1) is 21.1. The summed E-state index contributed by atoms with van der Waals surface area (Å²) in [5.41, 5.74) is 0.607. The molecule has 156 valence electrons. The molecule has 1 aromatic carbocycles. The highest BCUT2D eigenvalue weighted by atomic mass is 35.5. The van der Waals surface area contributed by atoms with Crippen LogP contribution in [0.15, 0.2) is 18.2 Å². The minimum atomic E-state index is -1.16. The van der Waals surface area contributed by atoms with Crippen molar-refractivity contribution in [2.45, 2.75) is 57.6 Å². The number of carbonyl (C=O) groups is 4. The van der Waals surface area contributed by atoms with Gasteiger partial charge in [-0.15, -0.1) is 0 Å². The standard InChI is InChI=1S/C20H24ClN3O5/c1-12(18(26)23-20(28)22-14-5-2-3-6-14)29-19(27)13-8-9-15(21)16(11-13)24-10-4-7-17(24)25/h8-9,11-12,14H,2-7,10H2,1H3,(H2,22,23,26,28)/t12-/m1/s1. The van der Waals surface area contributed by atoms with Crippen molar-refractivity contribution in [3.8, 4) is 0 Å². The first-order valence-corrected chi connectivity index (χ1v) is 10.1. The zero-order valence-corrected chi connectivity index (χ0v) is 17.0. The van der Waals surface area contributed by atoms with E-state index in [1.54, 1.807) is 0 Å².